The third-order valence-electron chi connectivity index (χ3n) is 6.87. The highest BCUT2D eigenvalue weighted by atomic mass is 19.4. The number of alkyl halides is 3. The highest BCUT2D eigenvalue weighted by Crippen LogP contribution is 2.34. The summed E-state index contributed by atoms with van der Waals surface area (Å²) in [7, 11) is 1.41. The molecule has 0 radical (unpaired) electrons. The second-order valence-corrected chi connectivity index (χ2v) is 9.73. The molecule has 12 heteroatoms. The van der Waals surface area contributed by atoms with E-state index in [1.54, 1.807) is 25.3 Å². The summed E-state index contributed by atoms with van der Waals surface area (Å²) < 4.78 is 46.8. The zero-order chi connectivity index (χ0) is 30.3. The molecular weight excluding hydrogens is 547 g/mol. The Morgan fingerprint density at radius 2 is 1.74 bits per heavy atom. The maximum absolute atomic E-state index is 13.9. The van der Waals surface area contributed by atoms with Crippen molar-refractivity contribution in [3.63, 3.8) is 0 Å². The van der Waals surface area contributed by atoms with Gasteiger partial charge in [0.05, 0.1) is 18.2 Å². The lowest BCUT2D eigenvalue weighted by molar-refractivity contribution is -0.138. The number of carbonyl (C=O) groups excluding carboxylic acids is 1. The van der Waals surface area contributed by atoms with Crippen LogP contribution in [0.1, 0.15) is 40.4 Å². The molecule has 2 aromatic heterocycles. The number of ether oxygens (including phenoxy) is 1. The molecule has 9 nitrogen and oxygen atoms in total. The van der Waals surface area contributed by atoms with Crippen LogP contribution in [0.4, 0.5) is 29.5 Å². The first kappa shape index (κ1) is 30.5. The van der Waals surface area contributed by atoms with Gasteiger partial charge in [-0.05, 0) is 49.4 Å². The SMILES string of the molecule is CCN1CCN(Cc2ccc(NC(=O)Nc3cc(C#Cc4cnc(C)c(C(=N)OC)c4)ccn3)cc2C(F)(F)F)CC1. The number of amides is 2. The van der Waals surface area contributed by atoms with Gasteiger partial charge in [0, 0.05) is 67.6 Å². The van der Waals surface area contributed by atoms with Gasteiger partial charge in [0.2, 0.25) is 5.90 Å². The Balaban J connectivity index is 1.43. The number of pyridine rings is 2. The van der Waals surface area contributed by atoms with E-state index in [0.29, 0.717) is 35.5 Å². The van der Waals surface area contributed by atoms with Gasteiger partial charge in [-0.1, -0.05) is 24.8 Å². The number of hydrogen-bond donors (Lipinski definition) is 3. The molecular formula is C30H32F3N7O2. The van der Waals surface area contributed by atoms with Crippen LogP contribution in [-0.2, 0) is 17.5 Å². The zero-order valence-electron chi connectivity index (χ0n) is 23.6. The van der Waals surface area contributed by atoms with Crippen LogP contribution in [0, 0.1) is 24.2 Å². The summed E-state index contributed by atoms with van der Waals surface area (Å²) in [5.74, 6) is 6.06. The molecule has 4 rings (SSSR count). The number of hydrogen-bond acceptors (Lipinski definition) is 7. The maximum Gasteiger partial charge on any atom is 0.416 e. The van der Waals surface area contributed by atoms with Crippen molar-refractivity contribution in [3.05, 3.63) is 82.3 Å². The summed E-state index contributed by atoms with van der Waals surface area (Å²) in [4.78, 5) is 25.2. The molecule has 1 saturated heterocycles. The van der Waals surface area contributed by atoms with E-state index in [0.717, 1.165) is 25.7 Å². The number of nitrogens with one attached hydrogen (secondary N) is 3. The van der Waals surface area contributed by atoms with Gasteiger partial charge in [0.15, 0.2) is 0 Å². The lowest BCUT2D eigenvalue weighted by Gasteiger charge is -2.34. The Hall–Kier alpha value is -4.47. The third-order valence-corrected chi connectivity index (χ3v) is 6.87. The Morgan fingerprint density at radius 1 is 1.02 bits per heavy atom. The number of urea groups is 1. The predicted octanol–water partition coefficient (Wildman–Crippen LogP) is 4.96. The van der Waals surface area contributed by atoms with E-state index < -0.39 is 17.8 Å². The van der Waals surface area contributed by atoms with Gasteiger partial charge in [0.1, 0.15) is 5.82 Å². The van der Waals surface area contributed by atoms with Crippen molar-refractivity contribution in [2.75, 3.05) is 50.5 Å². The van der Waals surface area contributed by atoms with Crippen LogP contribution in [0.15, 0.2) is 48.8 Å². The first-order valence-electron chi connectivity index (χ1n) is 13.4. The monoisotopic (exact) mass is 579 g/mol. The van der Waals surface area contributed by atoms with Crippen LogP contribution < -0.4 is 10.6 Å². The molecule has 3 N–H and O–H groups in total. The summed E-state index contributed by atoms with van der Waals surface area (Å²) in [6.45, 7) is 7.98. The van der Waals surface area contributed by atoms with E-state index in [-0.39, 0.29) is 29.5 Å². The van der Waals surface area contributed by atoms with Crippen molar-refractivity contribution >= 4 is 23.4 Å². The standard InChI is InChI=1S/C30H32F3N7O2/c1-4-39-11-13-40(14-12-39)19-23-7-8-24(17-26(23)30(31,32)33)37-29(41)38-27-16-21(9-10-35-27)5-6-22-15-25(28(34)42-3)20(2)36-18-22/h7-10,15-18,34H,4,11-14,19H2,1-3H3,(H2,35,37,38,41). The number of aryl methyl sites for hydroxylation is 1. The fourth-order valence-electron chi connectivity index (χ4n) is 4.50. The molecule has 220 valence electrons. The molecule has 0 unspecified atom stereocenters. The van der Waals surface area contributed by atoms with Crippen LogP contribution in [0.2, 0.25) is 0 Å². The Kier molecular flexibility index (Phi) is 9.77. The van der Waals surface area contributed by atoms with Crippen LogP contribution >= 0.6 is 0 Å². The van der Waals surface area contributed by atoms with Gasteiger partial charge >= 0.3 is 12.2 Å². The second-order valence-electron chi connectivity index (χ2n) is 9.73. The van der Waals surface area contributed by atoms with Crippen molar-refractivity contribution in [2.45, 2.75) is 26.6 Å². The van der Waals surface area contributed by atoms with Gasteiger partial charge in [-0.25, -0.2) is 9.78 Å². The van der Waals surface area contributed by atoms with Crippen molar-refractivity contribution in [1.82, 2.24) is 19.8 Å². The van der Waals surface area contributed by atoms with E-state index in [9.17, 15) is 18.0 Å². The number of aromatic nitrogens is 2. The van der Waals surface area contributed by atoms with Crippen LogP contribution in [0.25, 0.3) is 0 Å². The smallest absolute Gasteiger partial charge is 0.416 e. The number of carbonyl (C=O) groups is 1. The van der Waals surface area contributed by atoms with E-state index >= 15 is 0 Å². The Labute approximate surface area is 242 Å². The molecule has 1 aliphatic heterocycles. The summed E-state index contributed by atoms with van der Waals surface area (Å²) in [5.41, 5.74) is 1.66. The summed E-state index contributed by atoms with van der Waals surface area (Å²) in [6.07, 6.45) is -1.54. The van der Waals surface area contributed by atoms with Crippen molar-refractivity contribution in [1.29, 1.82) is 5.41 Å². The molecule has 1 fully saturated rings. The molecule has 3 aromatic rings. The number of halogens is 3. The molecule has 0 atom stereocenters. The summed E-state index contributed by atoms with van der Waals surface area (Å²) in [6, 6.07) is 7.98. The summed E-state index contributed by atoms with van der Waals surface area (Å²) >= 11 is 0. The zero-order valence-corrected chi connectivity index (χ0v) is 23.6. The highest BCUT2D eigenvalue weighted by Gasteiger charge is 2.34. The minimum atomic E-state index is -4.57. The first-order valence-corrected chi connectivity index (χ1v) is 13.4. The normalized spacial score (nSPS) is 14.0. The summed E-state index contributed by atoms with van der Waals surface area (Å²) in [5, 5.41) is 12.9. The number of likely N-dealkylation sites (N-methyl/N-ethyl adjacent to an activating group) is 1. The third kappa shape index (κ3) is 8.05. The van der Waals surface area contributed by atoms with Crippen LogP contribution in [-0.4, -0.2) is 71.5 Å². The largest absolute Gasteiger partial charge is 0.481 e. The number of nitrogens with zero attached hydrogens (tertiary/aromatic N) is 4. The number of methoxy groups -OCH3 is 1. The van der Waals surface area contributed by atoms with E-state index in [2.05, 4.69) is 44.3 Å². The van der Waals surface area contributed by atoms with Gasteiger partial charge < -0.3 is 15.0 Å². The lowest BCUT2D eigenvalue weighted by Crippen LogP contribution is -2.45. The minimum absolute atomic E-state index is 0.0135. The molecule has 42 heavy (non-hydrogen) atoms. The molecule has 0 spiro atoms. The van der Waals surface area contributed by atoms with E-state index in [1.807, 2.05) is 4.90 Å². The highest BCUT2D eigenvalue weighted by molar-refractivity contribution is 5.99. The van der Waals surface area contributed by atoms with Crippen molar-refractivity contribution in [3.8, 4) is 11.8 Å². The maximum atomic E-state index is 13.9. The van der Waals surface area contributed by atoms with Crippen LogP contribution in [0.3, 0.4) is 0 Å². The Morgan fingerprint density at radius 3 is 2.43 bits per heavy atom. The van der Waals surface area contributed by atoms with Crippen molar-refractivity contribution < 1.29 is 22.7 Å². The minimum Gasteiger partial charge on any atom is -0.481 e. The Bertz CT molecular complexity index is 1510. The average Bonchev–Trinajstić information content (AvgIpc) is 2.97. The fraction of sp³-hybridized carbons (Fsp3) is 0.333. The predicted molar refractivity (Wildman–Crippen MR) is 155 cm³/mol. The molecule has 0 bridgehead atoms. The van der Waals surface area contributed by atoms with Gasteiger partial charge in [-0.2, -0.15) is 13.2 Å². The number of piperazine rings is 1. The molecule has 0 saturated carbocycles. The first-order chi connectivity index (χ1) is 20.0. The van der Waals surface area contributed by atoms with E-state index in [1.165, 1.54) is 31.5 Å². The van der Waals surface area contributed by atoms with Crippen LogP contribution in [0.5, 0.6) is 0 Å². The molecule has 1 aromatic carbocycles. The lowest BCUT2D eigenvalue weighted by atomic mass is 10.0. The number of anilines is 2. The average molecular weight is 580 g/mol. The topological polar surface area (TPSA) is 106 Å². The van der Waals surface area contributed by atoms with Crippen molar-refractivity contribution in [2.24, 2.45) is 0 Å². The van der Waals surface area contributed by atoms with Gasteiger partial charge in [-0.15, -0.1) is 0 Å². The number of rotatable bonds is 6. The molecule has 3 heterocycles. The quantitative estimate of drug-likeness (QED) is 0.217. The molecule has 2 amide bonds. The van der Waals surface area contributed by atoms with E-state index in [4.69, 9.17) is 10.1 Å². The number of benzene rings is 1. The van der Waals surface area contributed by atoms with Gasteiger partial charge in [-0.3, -0.25) is 20.6 Å². The molecule has 0 aliphatic carbocycles. The fourth-order valence-corrected chi connectivity index (χ4v) is 4.50. The molecule has 1 aliphatic rings. The van der Waals surface area contributed by atoms with Gasteiger partial charge in [0.25, 0.3) is 0 Å². The second kappa shape index (κ2) is 13.5.